The van der Waals surface area contributed by atoms with Crippen molar-refractivity contribution >= 4 is 0 Å². The van der Waals surface area contributed by atoms with Gasteiger partial charge in [0.15, 0.2) is 0 Å². The summed E-state index contributed by atoms with van der Waals surface area (Å²) >= 11 is 0. The number of nitrogens with zero attached hydrogens (tertiary/aromatic N) is 2. The average Bonchev–Trinajstić information content (AvgIpc) is 2.73. The fourth-order valence-electron chi connectivity index (χ4n) is 1.88. The maximum Gasteiger partial charge on any atom is 0.148 e. The Balaban J connectivity index is 2.30. The smallest absolute Gasteiger partial charge is 0.148 e. The van der Waals surface area contributed by atoms with Crippen LogP contribution in [0.25, 0.3) is 0 Å². The summed E-state index contributed by atoms with van der Waals surface area (Å²) in [6.07, 6.45) is 6.04. The molecular weight excluding hydrogens is 166 g/mol. The first-order valence-corrected chi connectivity index (χ1v) is 4.56. The first-order chi connectivity index (χ1) is 6.27. The number of hydrogen-bond acceptors (Lipinski definition) is 3. The molecular formula is C9H15N3O. The van der Waals surface area contributed by atoms with Crippen molar-refractivity contribution in [2.75, 3.05) is 13.7 Å². The summed E-state index contributed by atoms with van der Waals surface area (Å²) in [6.45, 7) is 1.02. The van der Waals surface area contributed by atoms with Crippen LogP contribution in [0.3, 0.4) is 0 Å². The second kappa shape index (κ2) is 3.12. The molecule has 2 rings (SSSR count). The molecule has 1 aromatic heterocycles. The van der Waals surface area contributed by atoms with E-state index in [2.05, 4.69) is 10.4 Å². The van der Waals surface area contributed by atoms with E-state index in [0.29, 0.717) is 0 Å². The van der Waals surface area contributed by atoms with Crippen LogP contribution < -0.4 is 5.32 Å². The summed E-state index contributed by atoms with van der Waals surface area (Å²) in [4.78, 5) is 0. The van der Waals surface area contributed by atoms with Gasteiger partial charge in [-0.3, -0.25) is 10.00 Å². The predicted octanol–water partition coefficient (Wildman–Crippen LogP) is 0.603. The lowest BCUT2D eigenvalue weighted by Gasteiger charge is -2.26. The monoisotopic (exact) mass is 181 g/mol. The third kappa shape index (κ3) is 1.36. The van der Waals surface area contributed by atoms with Gasteiger partial charge in [0, 0.05) is 25.9 Å². The van der Waals surface area contributed by atoms with Gasteiger partial charge in [0.1, 0.15) is 5.72 Å². The highest BCUT2D eigenvalue weighted by atomic mass is 16.5. The zero-order valence-corrected chi connectivity index (χ0v) is 8.08. The van der Waals surface area contributed by atoms with Gasteiger partial charge in [0.05, 0.1) is 6.20 Å². The minimum Gasteiger partial charge on any atom is -0.359 e. The molecule has 1 aliphatic rings. The summed E-state index contributed by atoms with van der Waals surface area (Å²) < 4.78 is 7.34. The molecule has 4 nitrogen and oxygen atoms in total. The SMILES string of the molecule is COC1(c2cnn(C)c2)CCCN1. The molecule has 0 amide bonds. The summed E-state index contributed by atoms with van der Waals surface area (Å²) in [7, 11) is 3.66. The van der Waals surface area contributed by atoms with Crippen LogP contribution in [0.2, 0.25) is 0 Å². The lowest BCUT2D eigenvalue weighted by Crippen LogP contribution is -2.38. The van der Waals surface area contributed by atoms with Crippen molar-refractivity contribution in [2.24, 2.45) is 7.05 Å². The van der Waals surface area contributed by atoms with Crippen molar-refractivity contribution < 1.29 is 4.74 Å². The molecule has 0 saturated carbocycles. The summed E-state index contributed by atoms with van der Waals surface area (Å²) in [5, 5.41) is 7.52. The molecule has 0 aliphatic carbocycles. The molecule has 1 unspecified atom stereocenters. The van der Waals surface area contributed by atoms with Crippen LogP contribution in [0.4, 0.5) is 0 Å². The molecule has 13 heavy (non-hydrogen) atoms. The van der Waals surface area contributed by atoms with E-state index in [4.69, 9.17) is 4.74 Å². The highest BCUT2D eigenvalue weighted by Crippen LogP contribution is 2.30. The van der Waals surface area contributed by atoms with E-state index < -0.39 is 0 Å². The number of methoxy groups -OCH3 is 1. The van der Waals surface area contributed by atoms with E-state index in [1.54, 1.807) is 11.8 Å². The first-order valence-electron chi connectivity index (χ1n) is 4.56. The largest absolute Gasteiger partial charge is 0.359 e. The quantitative estimate of drug-likeness (QED) is 0.726. The maximum atomic E-state index is 5.53. The second-order valence-electron chi connectivity index (χ2n) is 3.46. The number of aryl methyl sites for hydroxylation is 1. The molecule has 1 saturated heterocycles. The van der Waals surface area contributed by atoms with Crippen LogP contribution >= 0.6 is 0 Å². The third-order valence-corrected chi connectivity index (χ3v) is 2.64. The van der Waals surface area contributed by atoms with Crippen LogP contribution in [-0.4, -0.2) is 23.4 Å². The van der Waals surface area contributed by atoms with Crippen molar-refractivity contribution in [1.82, 2.24) is 15.1 Å². The van der Waals surface area contributed by atoms with Gasteiger partial charge in [-0.1, -0.05) is 0 Å². The van der Waals surface area contributed by atoms with Gasteiger partial charge >= 0.3 is 0 Å². The van der Waals surface area contributed by atoms with Crippen LogP contribution in [0.5, 0.6) is 0 Å². The van der Waals surface area contributed by atoms with E-state index in [0.717, 1.165) is 24.9 Å². The molecule has 4 heteroatoms. The molecule has 0 spiro atoms. The Hall–Kier alpha value is -0.870. The molecule has 0 aromatic carbocycles. The zero-order chi connectivity index (χ0) is 9.31. The Kier molecular flexibility index (Phi) is 2.09. The van der Waals surface area contributed by atoms with Crippen LogP contribution in [0.1, 0.15) is 18.4 Å². The Bertz CT molecular complexity index is 289. The van der Waals surface area contributed by atoms with Crippen molar-refractivity contribution in [1.29, 1.82) is 0 Å². The third-order valence-electron chi connectivity index (χ3n) is 2.64. The van der Waals surface area contributed by atoms with Crippen molar-refractivity contribution in [3.8, 4) is 0 Å². The highest BCUT2D eigenvalue weighted by Gasteiger charge is 2.36. The number of nitrogens with one attached hydrogen (secondary N) is 1. The predicted molar refractivity (Wildman–Crippen MR) is 49.1 cm³/mol. The van der Waals surface area contributed by atoms with Crippen LogP contribution in [0, 0.1) is 0 Å². The molecule has 1 aromatic rings. The topological polar surface area (TPSA) is 39.1 Å². The second-order valence-corrected chi connectivity index (χ2v) is 3.46. The molecule has 72 valence electrons. The number of ether oxygens (including phenoxy) is 1. The van der Waals surface area contributed by atoms with Gasteiger partial charge in [0.2, 0.25) is 0 Å². The Morgan fingerprint density at radius 1 is 1.69 bits per heavy atom. The molecule has 0 radical (unpaired) electrons. The van der Waals surface area contributed by atoms with Crippen molar-refractivity contribution in [2.45, 2.75) is 18.6 Å². The Morgan fingerprint density at radius 3 is 3.00 bits per heavy atom. The molecule has 1 atom stereocenters. The Morgan fingerprint density at radius 2 is 2.54 bits per heavy atom. The maximum absolute atomic E-state index is 5.53. The van der Waals surface area contributed by atoms with E-state index >= 15 is 0 Å². The van der Waals surface area contributed by atoms with Crippen LogP contribution in [0.15, 0.2) is 12.4 Å². The summed E-state index contributed by atoms with van der Waals surface area (Å²) in [5.74, 6) is 0. The highest BCUT2D eigenvalue weighted by molar-refractivity contribution is 5.16. The first kappa shape index (κ1) is 8.72. The Labute approximate surface area is 77.9 Å². The molecule has 1 aliphatic heterocycles. The van der Waals surface area contributed by atoms with Crippen LogP contribution in [-0.2, 0) is 17.5 Å². The van der Waals surface area contributed by atoms with E-state index in [-0.39, 0.29) is 5.72 Å². The van der Waals surface area contributed by atoms with Gasteiger partial charge in [-0.2, -0.15) is 5.10 Å². The lowest BCUT2D eigenvalue weighted by atomic mass is 10.1. The van der Waals surface area contributed by atoms with E-state index in [1.807, 2.05) is 19.4 Å². The lowest BCUT2D eigenvalue weighted by molar-refractivity contribution is -0.0287. The van der Waals surface area contributed by atoms with E-state index in [9.17, 15) is 0 Å². The summed E-state index contributed by atoms with van der Waals surface area (Å²) in [6, 6.07) is 0. The average molecular weight is 181 g/mol. The fourth-order valence-corrected chi connectivity index (χ4v) is 1.88. The number of aromatic nitrogens is 2. The minimum atomic E-state index is -0.283. The number of rotatable bonds is 2. The van der Waals surface area contributed by atoms with Gasteiger partial charge < -0.3 is 4.74 Å². The van der Waals surface area contributed by atoms with Crippen molar-refractivity contribution in [3.05, 3.63) is 18.0 Å². The van der Waals surface area contributed by atoms with E-state index in [1.165, 1.54) is 0 Å². The fraction of sp³-hybridized carbons (Fsp3) is 0.667. The van der Waals surface area contributed by atoms with Gasteiger partial charge in [0.25, 0.3) is 0 Å². The molecule has 0 bridgehead atoms. The van der Waals surface area contributed by atoms with Crippen molar-refractivity contribution in [3.63, 3.8) is 0 Å². The standard InChI is InChI=1S/C9H15N3O/c1-12-7-8(6-11-12)9(13-2)4-3-5-10-9/h6-7,10H,3-5H2,1-2H3. The molecule has 1 fully saturated rings. The summed E-state index contributed by atoms with van der Waals surface area (Å²) in [5.41, 5.74) is 0.837. The van der Waals surface area contributed by atoms with Gasteiger partial charge in [-0.05, 0) is 19.4 Å². The van der Waals surface area contributed by atoms with Gasteiger partial charge in [-0.15, -0.1) is 0 Å². The zero-order valence-electron chi connectivity index (χ0n) is 8.08. The molecule has 2 heterocycles. The number of hydrogen-bond donors (Lipinski definition) is 1. The van der Waals surface area contributed by atoms with Gasteiger partial charge in [-0.25, -0.2) is 0 Å². The minimum absolute atomic E-state index is 0.283. The molecule has 1 N–H and O–H groups in total. The normalized spacial score (nSPS) is 28.2.